The number of aryl methyl sites for hydroxylation is 1. The van der Waals surface area contributed by atoms with Gasteiger partial charge in [0.1, 0.15) is 11.4 Å². The minimum Gasteiger partial charge on any atom is -0.508 e. The van der Waals surface area contributed by atoms with Gasteiger partial charge in [-0.05, 0) is 30.7 Å². The molecule has 0 saturated carbocycles. The van der Waals surface area contributed by atoms with Crippen LogP contribution in [-0.2, 0) is 6.54 Å². The van der Waals surface area contributed by atoms with E-state index in [1.165, 1.54) is 0 Å². The van der Waals surface area contributed by atoms with Crippen LogP contribution in [0.2, 0.25) is 5.02 Å². The average Bonchev–Trinajstić information content (AvgIpc) is 2.61. The SMILES string of the molecule is CCCn1cc(Cl)c(-c2ccc(O)cc2)n1. The summed E-state index contributed by atoms with van der Waals surface area (Å²) in [6.07, 6.45) is 2.85. The van der Waals surface area contributed by atoms with Gasteiger partial charge in [0, 0.05) is 18.3 Å². The molecule has 4 heteroatoms. The standard InChI is InChI=1S/C12H13ClN2O/c1-2-7-15-8-11(13)12(14-15)9-3-5-10(16)6-4-9/h3-6,8,16H,2,7H2,1H3. The molecule has 0 aliphatic rings. The van der Waals surface area contributed by atoms with E-state index >= 15 is 0 Å². The van der Waals surface area contributed by atoms with E-state index < -0.39 is 0 Å². The molecule has 0 aliphatic carbocycles. The summed E-state index contributed by atoms with van der Waals surface area (Å²) >= 11 is 6.11. The normalized spacial score (nSPS) is 10.6. The zero-order chi connectivity index (χ0) is 11.5. The molecule has 2 aromatic rings. The second-order valence-corrected chi connectivity index (χ2v) is 4.04. The molecule has 16 heavy (non-hydrogen) atoms. The smallest absolute Gasteiger partial charge is 0.115 e. The topological polar surface area (TPSA) is 38.0 Å². The Bertz CT molecular complexity index is 476. The van der Waals surface area contributed by atoms with E-state index in [0.29, 0.717) is 5.02 Å². The summed E-state index contributed by atoms with van der Waals surface area (Å²) in [6.45, 7) is 2.95. The van der Waals surface area contributed by atoms with E-state index in [0.717, 1.165) is 24.2 Å². The Labute approximate surface area is 99.3 Å². The van der Waals surface area contributed by atoms with Gasteiger partial charge < -0.3 is 5.11 Å². The second kappa shape index (κ2) is 4.58. The molecule has 1 aromatic carbocycles. The number of halogens is 1. The van der Waals surface area contributed by atoms with E-state index in [1.807, 2.05) is 10.9 Å². The van der Waals surface area contributed by atoms with Crippen LogP contribution < -0.4 is 0 Å². The van der Waals surface area contributed by atoms with Crippen LogP contribution in [-0.4, -0.2) is 14.9 Å². The van der Waals surface area contributed by atoms with Crippen LogP contribution in [0.3, 0.4) is 0 Å². The summed E-state index contributed by atoms with van der Waals surface area (Å²) in [4.78, 5) is 0. The van der Waals surface area contributed by atoms with Gasteiger partial charge in [0.25, 0.3) is 0 Å². The molecular formula is C12H13ClN2O. The summed E-state index contributed by atoms with van der Waals surface area (Å²) in [6, 6.07) is 6.87. The Morgan fingerprint density at radius 3 is 2.62 bits per heavy atom. The number of hydrogen-bond donors (Lipinski definition) is 1. The highest BCUT2D eigenvalue weighted by molar-refractivity contribution is 6.33. The van der Waals surface area contributed by atoms with E-state index in [2.05, 4.69) is 12.0 Å². The van der Waals surface area contributed by atoms with Gasteiger partial charge in [0.15, 0.2) is 0 Å². The minimum atomic E-state index is 0.243. The van der Waals surface area contributed by atoms with Gasteiger partial charge in [-0.25, -0.2) is 0 Å². The molecule has 0 fully saturated rings. The molecule has 0 bridgehead atoms. The van der Waals surface area contributed by atoms with Gasteiger partial charge in [-0.3, -0.25) is 4.68 Å². The molecule has 0 unspecified atom stereocenters. The van der Waals surface area contributed by atoms with Crippen molar-refractivity contribution in [3.8, 4) is 17.0 Å². The fraction of sp³-hybridized carbons (Fsp3) is 0.250. The number of aromatic nitrogens is 2. The Kier molecular flexibility index (Phi) is 3.15. The van der Waals surface area contributed by atoms with Crippen molar-refractivity contribution in [1.29, 1.82) is 0 Å². The Morgan fingerprint density at radius 1 is 1.31 bits per heavy atom. The third-order valence-corrected chi connectivity index (χ3v) is 2.59. The average molecular weight is 237 g/mol. The van der Waals surface area contributed by atoms with E-state index in [9.17, 15) is 5.11 Å². The first-order valence-corrected chi connectivity index (χ1v) is 5.61. The molecule has 2 rings (SSSR count). The fourth-order valence-corrected chi connectivity index (χ4v) is 1.82. The van der Waals surface area contributed by atoms with Crippen LogP contribution in [0.4, 0.5) is 0 Å². The third kappa shape index (κ3) is 2.19. The Hall–Kier alpha value is -1.48. The van der Waals surface area contributed by atoms with Crippen LogP contribution in [0.1, 0.15) is 13.3 Å². The highest BCUT2D eigenvalue weighted by Gasteiger charge is 2.08. The lowest BCUT2D eigenvalue weighted by Crippen LogP contribution is -1.96. The number of rotatable bonds is 3. The van der Waals surface area contributed by atoms with Gasteiger partial charge in [0.05, 0.1) is 5.02 Å². The molecule has 1 aromatic heterocycles. The van der Waals surface area contributed by atoms with Crippen molar-refractivity contribution in [2.24, 2.45) is 0 Å². The Morgan fingerprint density at radius 2 is 2.00 bits per heavy atom. The molecular weight excluding hydrogens is 224 g/mol. The molecule has 0 saturated heterocycles. The van der Waals surface area contributed by atoms with Crippen molar-refractivity contribution >= 4 is 11.6 Å². The monoisotopic (exact) mass is 236 g/mol. The molecule has 84 valence electrons. The molecule has 1 N–H and O–H groups in total. The van der Waals surface area contributed by atoms with E-state index in [1.54, 1.807) is 24.3 Å². The number of phenols is 1. The van der Waals surface area contributed by atoms with Crippen molar-refractivity contribution in [1.82, 2.24) is 9.78 Å². The van der Waals surface area contributed by atoms with E-state index in [-0.39, 0.29) is 5.75 Å². The Balaban J connectivity index is 2.36. The lowest BCUT2D eigenvalue weighted by molar-refractivity contribution is 0.475. The van der Waals surface area contributed by atoms with Crippen molar-refractivity contribution in [3.05, 3.63) is 35.5 Å². The molecule has 0 atom stereocenters. The van der Waals surface area contributed by atoms with Gasteiger partial charge in [-0.1, -0.05) is 18.5 Å². The first kappa shape index (κ1) is 11.0. The zero-order valence-corrected chi connectivity index (χ0v) is 9.78. The van der Waals surface area contributed by atoms with Crippen LogP contribution in [0, 0.1) is 0 Å². The molecule has 0 aliphatic heterocycles. The van der Waals surface area contributed by atoms with E-state index in [4.69, 9.17) is 11.6 Å². The number of benzene rings is 1. The summed E-state index contributed by atoms with van der Waals surface area (Å²) in [5.74, 6) is 0.243. The third-order valence-electron chi connectivity index (χ3n) is 2.31. The van der Waals surface area contributed by atoms with Crippen molar-refractivity contribution < 1.29 is 5.11 Å². The van der Waals surface area contributed by atoms with Crippen molar-refractivity contribution in [3.63, 3.8) is 0 Å². The van der Waals surface area contributed by atoms with Crippen LogP contribution in [0.15, 0.2) is 30.5 Å². The largest absolute Gasteiger partial charge is 0.508 e. The van der Waals surface area contributed by atoms with Crippen LogP contribution in [0.5, 0.6) is 5.75 Å². The number of aromatic hydroxyl groups is 1. The van der Waals surface area contributed by atoms with Crippen LogP contribution in [0.25, 0.3) is 11.3 Å². The van der Waals surface area contributed by atoms with Gasteiger partial charge >= 0.3 is 0 Å². The van der Waals surface area contributed by atoms with Gasteiger partial charge in [-0.15, -0.1) is 0 Å². The quantitative estimate of drug-likeness (QED) is 0.888. The summed E-state index contributed by atoms with van der Waals surface area (Å²) in [5, 5.41) is 14.2. The second-order valence-electron chi connectivity index (χ2n) is 3.64. The summed E-state index contributed by atoms with van der Waals surface area (Å²) in [7, 11) is 0. The van der Waals surface area contributed by atoms with Gasteiger partial charge in [0.2, 0.25) is 0 Å². The highest BCUT2D eigenvalue weighted by Crippen LogP contribution is 2.27. The maximum absolute atomic E-state index is 9.20. The maximum Gasteiger partial charge on any atom is 0.115 e. The molecule has 0 amide bonds. The highest BCUT2D eigenvalue weighted by atomic mass is 35.5. The van der Waals surface area contributed by atoms with Crippen LogP contribution >= 0.6 is 11.6 Å². The fourth-order valence-electron chi connectivity index (χ4n) is 1.56. The lowest BCUT2D eigenvalue weighted by Gasteiger charge is -1.98. The molecule has 1 heterocycles. The zero-order valence-electron chi connectivity index (χ0n) is 9.02. The molecule has 0 spiro atoms. The number of hydrogen-bond acceptors (Lipinski definition) is 2. The lowest BCUT2D eigenvalue weighted by atomic mass is 10.1. The first-order valence-electron chi connectivity index (χ1n) is 5.23. The summed E-state index contributed by atoms with van der Waals surface area (Å²) in [5.41, 5.74) is 1.67. The predicted molar refractivity (Wildman–Crippen MR) is 64.6 cm³/mol. The maximum atomic E-state index is 9.20. The van der Waals surface area contributed by atoms with Gasteiger partial charge in [-0.2, -0.15) is 5.10 Å². The van der Waals surface area contributed by atoms with Crippen molar-refractivity contribution in [2.75, 3.05) is 0 Å². The molecule has 3 nitrogen and oxygen atoms in total. The minimum absolute atomic E-state index is 0.243. The first-order chi connectivity index (χ1) is 7.70. The van der Waals surface area contributed by atoms with Crippen molar-refractivity contribution in [2.45, 2.75) is 19.9 Å². The number of nitrogens with zero attached hydrogens (tertiary/aromatic N) is 2. The predicted octanol–water partition coefficient (Wildman–Crippen LogP) is 3.32. The summed E-state index contributed by atoms with van der Waals surface area (Å²) < 4.78 is 1.84. The number of phenolic OH excluding ortho intramolecular Hbond substituents is 1. The molecule has 0 radical (unpaired) electrons.